The molecule has 0 radical (unpaired) electrons. The molecular weight excluding hydrogens is 136 g/mol. The predicted octanol–water partition coefficient (Wildman–Crippen LogP) is 0.597. The van der Waals surface area contributed by atoms with Gasteiger partial charge >= 0.3 is 0 Å². The Balaban J connectivity index is 2.53. The summed E-state index contributed by atoms with van der Waals surface area (Å²) in [6.07, 6.45) is 6.44. The van der Waals surface area contributed by atoms with Gasteiger partial charge in [-0.3, -0.25) is 4.99 Å². The second-order valence-electron chi connectivity index (χ2n) is 2.91. The summed E-state index contributed by atoms with van der Waals surface area (Å²) in [5.41, 5.74) is 1.06. The molecule has 0 spiro atoms. The molecule has 11 heavy (non-hydrogen) atoms. The van der Waals surface area contributed by atoms with E-state index in [1.807, 2.05) is 6.20 Å². The number of rotatable bonds is 1. The molecule has 0 aliphatic carbocycles. The summed E-state index contributed by atoms with van der Waals surface area (Å²) >= 11 is 0. The van der Waals surface area contributed by atoms with Crippen LogP contribution in [-0.2, 0) is 0 Å². The minimum absolute atomic E-state index is 0.501. The molecule has 0 aromatic carbocycles. The molecule has 0 saturated carbocycles. The smallest absolute Gasteiger partial charge is 0.132 e. The molecule has 1 atom stereocenters. The SMILES string of the molecule is CCC1CC=c2cc[nH]c2=N1. The molecular formula is C9H12N2. The lowest BCUT2D eigenvalue weighted by molar-refractivity contribution is 0.643. The molecule has 58 valence electrons. The largest absolute Gasteiger partial charge is 0.346 e. The minimum Gasteiger partial charge on any atom is -0.346 e. The van der Waals surface area contributed by atoms with Crippen LogP contribution in [0.15, 0.2) is 17.3 Å². The quantitative estimate of drug-likeness (QED) is 0.604. The van der Waals surface area contributed by atoms with Crippen molar-refractivity contribution in [3.05, 3.63) is 23.0 Å². The number of aromatic amines is 1. The third-order valence-corrected chi connectivity index (χ3v) is 2.15. The predicted molar refractivity (Wildman–Crippen MR) is 44.7 cm³/mol. The van der Waals surface area contributed by atoms with Gasteiger partial charge in [0.25, 0.3) is 0 Å². The summed E-state index contributed by atoms with van der Waals surface area (Å²) in [6, 6.07) is 2.58. The first-order chi connectivity index (χ1) is 5.40. The Kier molecular flexibility index (Phi) is 1.53. The van der Waals surface area contributed by atoms with Gasteiger partial charge in [-0.2, -0.15) is 0 Å². The zero-order valence-electron chi connectivity index (χ0n) is 6.67. The summed E-state index contributed by atoms with van der Waals surface area (Å²) in [5.74, 6) is 0. The first kappa shape index (κ1) is 6.65. The average molecular weight is 148 g/mol. The molecule has 1 unspecified atom stereocenters. The number of hydrogen-bond acceptors (Lipinski definition) is 1. The number of nitrogens with one attached hydrogen (secondary N) is 1. The summed E-state index contributed by atoms with van der Waals surface area (Å²) < 4.78 is 0. The van der Waals surface area contributed by atoms with Crippen LogP contribution >= 0.6 is 0 Å². The Morgan fingerprint density at radius 3 is 3.45 bits per heavy atom. The molecule has 2 rings (SSSR count). The summed E-state index contributed by atoms with van der Waals surface area (Å²) in [4.78, 5) is 7.66. The maximum atomic E-state index is 4.54. The van der Waals surface area contributed by atoms with Crippen LogP contribution in [0.2, 0.25) is 0 Å². The molecule has 2 heteroatoms. The molecule has 1 aromatic heterocycles. The molecule has 0 saturated heterocycles. The van der Waals surface area contributed by atoms with Gasteiger partial charge in [0.2, 0.25) is 0 Å². The molecule has 0 fully saturated rings. The van der Waals surface area contributed by atoms with Gasteiger partial charge < -0.3 is 4.98 Å². The lowest BCUT2D eigenvalue weighted by atomic mass is 10.1. The first-order valence-corrected chi connectivity index (χ1v) is 4.11. The molecule has 1 aromatic rings. The number of nitrogens with zero attached hydrogens (tertiary/aromatic N) is 1. The fourth-order valence-corrected chi connectivity index (χ4v) is 1.41. The van der Waals surface area contributed by atoms with Crippen molar-refractivity contribution >= 4 is 6.08 Å². The highest BCUT2D eigenvalue weighted by molar-refractivity contribution is 5.24. The lowest BCUT2D eigenvalue weighted by Crippen LogP contribution is -2.29. The fourth-order valence-electron chi connectivity index (χ4n) is 1.41. The summed E-state index contributed by atoms with van der Waals surface area (Å²) in [6.45, 7) is 2.18. The van der Waals surface area contributed by atoms with Crippen molar-refractivity contribution in [2.24, 2.45) is 4.99 Å². The van der Waals surface area contributed by atoms with E-state index in [-0.39, 0.29) is 0 Å². The highest BCUT2D eigenvalue weighted by Crippen LogP contribution is 2.03. The Labute approximate surface area is 65.7 Å². The number of aromatic nitrogens is 1. The number of H-pyrrole nitrogens is 1. The van der Waals surface area contributed by atoms with Crippen LogP contribution in [0.4, 0.5) is 0 Å². The van der Waals surface area contributed by atoms with Crippen molar-refractivity contribution in [2.45, 2.75) is 25.8 Å². The normalized spacial score (nSPS) is 21.7. The van der Waals surface area contributed by atoms with Gasteiger partial charge in [-0.05, 0) is 18.9 Å². The van der Waals surface area contributed by atoms with E-state index in [0.717, 1.165) is 18.3 Å². The zero-order valence-corrected chi connectivity index (χ0v) is 6.67. The van der Waals surface area contributed by atoms with Crippen LogP contribution in [0.25, 0.3) is 6.08 Å². The van der Waals surface area contributed by atoms with Crippen molar-refractivity contribution in [3.8, 4) is 0 Å². The summed E-state index contributed by atoms with van der Waals surface area (Å²) in [5, 5.41) is 1.26. The highest BCUT2D eigenvalue weighted by Gasteiger charge is 2.05. The van der Waals surface area contributed by atoms with Gasteiger partial charge in [-0.1, -0.05) is 13.0 Å². The lowest BCUT2D eigenvalue weighted by Gasteiger charge is -2.07. The van der Waals surface area contributed by atoms with Crippen LogP contribution in [0.5, 0.6) is 0 Å². The minimum atomic E-state index is 0.501. The standard InChI is InChI=1S/C9H12N2/c1-2-8-4-3-7-5-6-10-9(7)11-8/h3,5-6,8H,2,4H2,1H3,(H,10,11). The van der Waals surface area contributed by atoms with Crippen molar-refractivity contribution in [3.63, 3.8) is 0 Å². The molecule has 2 nitrogen and oxygen atoms in total. The molecule has 1 aliphatic rings. The van der Waals surface area contributed by atoms with E-state index in [1.165, 1.54) is 5.22 Å². The third-order valence-electron chi connectivity index (χ3n) is 2.15. The van der Waals surface area contributed by atoms with Crippen LogP contribution in [0.1, 0.15) is 19.8 Å². The second kappa shape index (κ2) is 2.53. The third kappa shape index (κ3) is 1.09. The van der Waals surface area contributed by atoms with Gasteiger partial charge in [-0.25, -0.2) is 0 Å². The number of fused-ring (bicyclic) bond motifs is 1. The Morgan fingerprint density at radius 1 is 1.73 bits per heavy atom. The maximum Gasteiger partial charge on any atom is 0.132 e. The highest BCUT2D eigenvalue weighted by atomic mass is 14.9. The molecule has 0 amide bonds. The maximum absolute atomic E-state index is 4.54. The second-order valence-corrected chi connectivity index (χ2v) is 2.91. The Morgan fingerprint density at radius 2 is 2.64 bits per heavy atom. The molecule has 2 heterocycles. The molecule has 1 N–H and O–H groups in total. The fraction of sp³-hybridized carbons (Fsp3) is 0.444. The van der Waals surface area contributed by atoms with Gasteiger partial charge in [0.1, 0.15) is 5.49 Å². The van der Waals surface area contributed by atoms with E-state index < -0.39 is 0 Å². The Bertz CT molecular complexity index is 348. The summed E-state index contributed by atoms with van der Waals surface area (Å²) in [7, 11) is 0. The van der Waals surface area contributed by atoms with E-state index in [0.29, 0.717) is 6.04 Å². The van der Waals surface area contributed by atoms with Crippen molar-refractivity contribution in [1.82, 2.24) is 4.98 Å². The zero-order chi connectivity index (χ0) is 7.68. The van der Waals surface area contributed by atoms with Crippen LogP contribution in [-0.4, -0.2) is 11.0 Å². The van der Waals surface area contributed by atoms with E-state index in [9.17, 15) is 0 Å². The van der Waals surface area contributed by atoms with Gasteiger partial charge in [0, 0.05) is 11.4 Å². The van der Waals surface area contributed by atoms with E-state index >= 15 is 0 Å². The van der Waals surface area contributed by atoms with Gasteiger partial charge in [-0.15, -0.1) is 0 Å². The number of hydrogen-bond donors (Lipinski definition) is 1. The van der Waals surface area contributed by atoms with Gasteiger partial charge in [0.05, 0.1) is 6.04 Å². The molecule has 1 aliphatic heterocycles. The topological polar surface area (TPSA) is 28.1 Å². The van der Waals surface area contributed by atoms with Crippen LogP contribution in [0, 0.1) is 0 Å². The van der Waals surface area contributed by atoms with Crippen LogP contribution < -0.4 is 10.7 Å². The Hall–Kier alpha value is -1.05. The average Bonchev–Trinajstić information content (AvgIpc) is 2.50. The van der Waals surface area contributed by atoms with Crippen LogP contribution in [0.3, 0.4) is 0 Å². The van der Waals surface area contributed by atoms with Gasteiger partial charge in [0.15, 0.2) is 0 Å². The van der Waals surface area contributed by atoms with E-state index in [4.69, 9.17) is 0 Å². The molecule has 0 bridgehead atoms. The van der Waals surface area contributed by atoms with E-state index in [1.54, 1.807) is 0 Å². The van der Waals surface area contributed by atoms with E-state index in [2.05, 4.69) is 29.0 Å². The van der Waals surface area contributed by atoms with Crippen molar-refractivity contribution in [1.29, 1.82) is 0 Å². The first-order valence-electron chi connectivity index (χ1n) is 4.11. The van der Waals surface area contributed by atoms with Crippen molar-refractivity contribution in [2.75, 3.05) is 0 Å². The monoisotopic (exact) mass is 148 g/mol. The van der Waals surface area contributed by atoms with Crippen molar-refractivity contribution < 1.29 is 0 Å².